The number of aromatic nitrogens is 2. The zero-order valence-electron chi connectivity index (χ0n) is 12.5. The quantitative estimate of drug-likeness (QED) is 0.722. The summed E-state index contributed by atoms with van der Waals surface area (Å²) in [6, 6.07) is 5.28. The molecule has 3 rings (SSSR count). The Bertz CT molecular complexity index is 647. The van der Waals surface area contributed by atoms with E-state index in [9.17, 15) is 0 Å². The van der Waals surface area contributed by atoms with Crippen LogP contribution in [-0.4, -0.2) is 43.1 Å². The fourth-order valence-corrected chi connectivity index (χ4v) is 3.43. The first-order chi connectivity index (χ1) is 11.2. The zero-order valence-corrected chi connectivity index (χ0v) is 14.8. The molecule has 1 aliphatic rings. The van der Waals surface area contributed by atoms with Crippen LogP contribution in [0.15, 0.2) is 18.2 Å². The van der Waals surface area contributed by atoms with Crippen LogP contribution in [0.4, 0.5) is 5.13 Å². The molecule has 5 nitrogen and oxygen atoms in total. The minimum atomic E-state index is 0.503. The maximum Gasteiger partial charge on any atom is 0.208 e. The molecule has 0 radical (unpaired) electrons. The van der Waals surface area contributed by atoms with Crippen molar-refractivity contribution in [1.29, 1.82) is 0 Å². The highest BCUT2D eigenvalue weighted by molar-refractivity contribution is 7.15. The Balaban J connectivity index is 1.43. The fourth-order valence-electron chi connectivity index (χ4n) is 2.21. The van der Waals surface area contributed by atoms with E-state index in [1.165, 1.54) is 0 Å². The summed E-state index contributed by atoms with van der Waals surface area (Å²) in [4.78, 5) is 2.22. The molecule has 1 saturated heterocycles. The lowest BCUT2D eigenvalue weighted by Gasteiger charge is -2.25. The molecule has 1 aromatic carbocycles. The van der Waals surface area contributed by atoms with E-state index in [0.29, 0.717) is 16.7 Å². The predicted octanol–water partition coefficient (Wildman–Crippen LogP) is 3.69. The molecule has 23 heavy (non-hydrogen) atoms. The lowest BCUT2D eigenvalue weighted by molar-refractivity contribution is 0.122. The molecule has 0 amide bonds. The van der Waals surface area contributed by atoms with E-state index in [4.69, 9.17) is 32.7 Å². The van der Waals surface area contributed by atoms with Gasteiger partial charge in [-0.05, 0) is 18.6 Å². The van der Waals surface area contributed by atoms with E-state index in [1.807, 2.05) is 6.07 Å². The van der Waals surface area contributed by atoms with E-state index in [0.717, 1.165) is 55.0 Å². The maximum absolute atomic E-state index is 5.96. The van der Waals surface area contributed by atoms with Gasteiger partial charge in [0.1, 0.15) is 10.8 Å². The van der Waals surface area contributed by atoms with Gasteiger partial charge >= 0.3 is 0 Å². The number of nitrogens with zero attached hydrogens (tertiary/aromatic N) is 3. The molecule has 0 spiro atoms. The van der Waals surface area contributed by atoms with E-state index in [-0.39, 0.29) is 0 Å². The Hall–Kier alpha value is -1.08. The predicted molar refractivity (Wildman–Crippen MR) is 93.2 cm³/mol. The summed E-state index contributed by atoms with van der Waals surface area (Å²) in [5.41, 5.74) is 0. The highest BCUT2D eigenvalue weighted by atomic mass is 35.5. The van der Waals surface area contributed by atoms with Crippen LogP contribution in [0.25, 0.3) is 0 Å². The highest BCUT2D eigenvalue weighted by Crippen LogP contribution is 2.26. The van der Waals surface area contributed by atoms with Crippen LogP contribution in [0.1, 0.15) is 11.4 Å². The van der Waals surface area contributed by atoms with Crippen molar-refractivity contribution in [3.05, 3.63) is 33.3 Å². The summed E-state index contributed by atoms with van der Waals surface area (Å²) < 4.78 is 11.0. The van der Waals surface area contributed by atoms with Crippen LogP contribution in [0, 0.1) is 0 Å². The molecule has 0 saturated carbocycles. The van der Waals surface area contributed by atoms with E-state index in [2.05, 4.69) is 15.1 Å². The molecule has 0 N–H and O–H groups in total. The molecular weight excluding hydrogens is 357 g/mol. The molecule has 0 aliphatic carbocycles. The van der Waals surface area contributed by atoms with Crippen molar-refractivity contribution < 1.29 is 9.47 Å². The van der Waals surface area contributed by atoms with Crippen LogP contribution in [0.5, 0.6) is 5.75 Å². The van der Waals surface area contributed by atoms with Crippen LogP contribution < -0.4 is 9.64 Å². The Kier molecular flexibility index (Phi) is 5.94. The summed E-state index contributed by atoms with van der Waals surface area (Å²) in [6.07, 6.45) is 1.72. The van der Waals surface area contributed by atoms with Gasteiger partial charge in [-0.2, -0.15) is 0 Å². The zero-order chi connectivity index (χ0) is 16.1. The summed E-state index contributed by atoms with van der Waals surface area (Å²) in [5.74, 6) is 0.727. The van der Waals surface area contributed by atoms with Gasteiger partial charge in [0, 0.05) is 25.6 Å². The summed E-state index contributed by atoms with van der Waals surface area (Å²) in [7, 11) is 0. The first kappa shape index (κ1) is 16.8. The van der Waals surface area contributed by atoms with Gasteiger partial charge in [-0.15, -0.1) is 10.2 Å². The number of anilines is 1. The van der Waals surface area contributed by atoms with Crippen molar-refractivity contribution in [2.45, 2.75) is 12.8 Å². The third-order valence-electron chi connectivity index (χ3n) is 3.43. The number of rotatable bonds is 6. The normalized spacial score (nSPS) is 15.0. The second-order valence-corrected chi connectivity index (χ2v) is 6.96. The van der Waals surface area contributed by atoms with Crippen molar-refractivity contribution in [3.63, 3.8) is 0 Å². The molecule has 0 unspecified atom stereocenters. The Labute approximate surface area is 149 Å². The molecule has 2 heterocycles. The van der Waals surface area contributed by atoms with E-state index >= 15 is 0 Å². The SMILES string of the molecule is Clc1ccc(OCCCc2nnc(N3CCOCC3)s2)cc1Cl. The third-order valence-corrected chi connectivity index (χ3v) is 5.22. The van der Waals surface area contributed by atoms with Crippen LogP contribution in [0.2, 0.25) is 10.0 Å². The molecular formula is C15H17Cl2N3O2S. The van der Waals surface area contributed by atoms with Crippen molar-refractivity contribution in [2.75, 3.05) is 37.8 Å². The van der Waals surface area contributed by atoms with Crippen LogP contribution in [-0.2, 0) is 11.2 Å². The lowest BCUT2D eigenvalue weighted by atomic mass is 10.3. The number of halogens is 2. The van der Waals surface area contributed by atoms with Crippen LogP contribution in [0.3, 0.4) is 0 Å². The summed E-state index contributed by atoms with van der Waals surface area (Å²) in [6.45, 7) is 3.88. The molecule has 1 aromatic heterocycles. The summed E-state index contributed by atoms with van der Waals surface area (Å²) in [5, 5.41) is 11.6. The van der Waals surface area contributed by atoms with Gasteiger partial charge in [-0.25, -0.2) is 0 Å². The van der Waals surface area contributed by atoms with Gasteiger partial charge in [0.15, 0.2) is 0 Å². The van der Waals surface area contributed by atoms with Gasteiger partial charge in [-0.1, -0.05) is 34.5 Å². The molecule has 0 atom stereocenters. The summed E-state index contributed by atoms with van der Waals surface area (Å²) >= 11 is 13.5. The van der Waals surface area contributed by atoms with Gasteiger partial charge in [0.05, 0.1) is 29.9 Å². The third kappa shape index (κ3) is 4.70. The van der Waals surface area contributed by atoms with Gasteiger partial charge in [0.2, 0.25) is 5.13 Å². The van der Waals surface area contributed by atoms with Crippen LogP contribution >= 0.6 is 34.5 Å². The second kappa shape index (κ2) is 8.15. The van der Waals surface area contributed by atoms with Crippen molar-refractivity contribution in [1.82, 2.24) is 10.2 Å². The van der Waals surface area contributed by atoms with Crippen molar-refractivity contribution >= 4 is 39.7 Å². The number of aryl methyl sites for hydroxylation is 1. The smallest absolute Gasteiger partial charge is 0.208 e. The van der Waals surface area contributed by atoms with Gasteiger partial charge < -0.3 is 14.4 Å². The minimum absolute atomic E-state index is 0.503. The Morgan fingerprint density at radius 3 is 2.78 bits per heavy atom. The minimum Gasteiger partial charge on any atom is -0.494 e. The van der Waals surface area contributed by atoms with Gasteiger partial charge in [0.25, 0.3) is 0 Å². The standard InChI is InChI=1S/C15H17Cl2N3O2S/c16-12-4-3-11(10-13(12)17)22-7-1-2-14-18-19-15(23-14)20-5-8-21-9-6-20/h3-4,10H,1-2,5-9H2. The monoisotopic (exact) mass is 373 g/mol. The number of ether oxygens (including phenoxy) is 2. The van der Waals surface area contributed by atoms with E-state index in [1.54, 1.807) is 23.5 Å². The molecule has 0 bridgehead atoms. The topological polar surface area (TPSA) is 47.5 Å². The van der Waals surface area contributed by atoms with Crippen molar-refractivity contribution in [3.8, 4) is 5.75 Å². The first-order valence-corrected chi connectivity index (χ1v) is 9.02. The van der Waals surface area contributed by atoms with Crippen molar-refractivity contribution in [2.24, 2.45) is 0 Å². The molecule has 124 valence electrons. The molecule has 2 aromatic rings. The number of morpholine rings is 1. The highest BCUT2D eigenvalue weighted by Gasteiger charge is 2.15. The average molecular weight is 374 g/mol. The second-order valence-electron chi connectivity index (χ2n) is 5.11. The molecule has 1 aliphatic heterocycles. The van der Waals surface area contributed by atoms with Gasteiger partial charge in [-0.3, -0.25) is 0 Å². The average Bonchev–Trinajstić information content (AvgIpc) is 3.05. The van der Waals surface area contributed by atoms with E-state index < -0.39 is 0 Å². The Morgan fingerprint density at radius 1 is 1.17 bits per heavy atom. The fraction of sp³-hybridized carbons (Fsp3) is 0.467. The number of benzene rings is 1. The number of hydrogen-bond acceptors (Lipinski definition) is 6. The molecule has 8 heteroatoms. The maximum atomic E-state index is 5.96. The lowest BCUT2D eigenvalue weighted by Crippen LogP contribution is -2.36. The number of hydrogen-bond donors (Lipinski definition) is 0. The molecule has 1 fully saturated rings. The largest absolute Gasteiger partial charge is 0.494 e. The first-order valence-electron chi connectivity index (χ1n) is 7.45. The Morgan fingerprint density at radius 2 is 2.00 bits per heavy atom.